The first kappa shape index (κ1) is 12.8. The van der Waals surface area contributed by atoms with Crippen LogP contribution in [-0.4, -0.2) is 21.3 Å². The molecule has 4 nitrogen and oxygen atoms in total. The molecule has 1 aliphatic heterocycles. The van der Waals surface area contributed by atoms with Gasteiger partial charge in [-0.2, -0.15) is 0 Å². The van der Waals surface area contributed by atoms with Gasteiger partial charge in [0.2, 0.25) is 0 Å². The Hall–Kier alpha value is -2.22. The average molecular weight is 286 g/mol. The summed E-state index contributed by atoms with van der Waals surface area (Å²) in [4.78, 5) is 8.79. The van der Waals surface area contributed by atoms with E-state index in [0.717, 1.165) is 16.8 Å². The van der Waals surface area contributed by atoms with Gasteiger partial charge >= 0.3 is 0 Å². The normalized spacial score (nSPS) is 16.6. The minimum absolute atomic E-state index is 0.669. The highest BCUT2D eigenvalue weighted by Crippen LogP contribution is 2.30. The molecule has 2 aromatic rings. The molecule has 1 aromatic carbocycles. The number of nitrogens with one attached hydrogen (secondary N) is 1. The van der Waals surface area contributed by atoms with Crippen LogP contribution in [0.3, 0.4) is 0 Å². The summed E-state index contributed by atoms with van der Waals surface area (Å²) in [5.74, 6) is 3.65. The number of hydrogen-bond acceptors (Lipinski definition) is 3. The van der Waals surface area contributed by atoms with Gasteiger partial charge in [0, 0.05) is 27.9 Å². The van der Waals surface area contributed by atoms with Crippen molar-refractivity contribution in [3.63, 3.8) is 0 Å². The zero-order valence-electron chi connectivity index (χ0n) is 10.8. The van der Waals surface area contributed by atoms with Crippen molar-refractivity contribution in [2.45, 2.75) is 13.2 Å². The van der Waals surface area contributed by atoms with Crippen molar-refractivity contribution in [3.8, 4) is 12.0 Å². The molecule has 3 rings (SSSR count). The highest BCUT2D eigenvalue weighted by Gasteiger charge is 2.22. The summed E-state index contributed by atoms with van der Waals surface area (Å²) in [6.45, 7) is 1.92. The topological polar surface area (TPSA) is 51.6 Å². The fourth-order valence-electron chi connectivity index (χ4n) is 1.99. The molecule has 0 fully saturated rings. The molecule has 0 aliphatic carbocycles. The van der Waals surface area contributed by atoms with E-state index in [-0.39, 0.29) is 0 Å². The molecule has 0 radical (unpaired) electrons. The van der Waals surface area contributed by atoms with E-state index in [4.69, 9.17) is 11.6 Å². The van der Waals surface area contributed by atoms with Crippen LogP contribution in [0.15, 0.2) is 35.3 Å². The van der Waals surface area contributed by atoms with E-state index in [1.807, 2.05) is 25.1 Å². The quantitative estimate of drug-likeness (QED) is 0.731. The Labute approximate surface area is 121 Å². The predicted octanol–water partition coefficient (Wildman–Crippen LogP) is 2.95. The summed E-state index contributed by atoms with van der Waals surface area (Å²) < 4.78 is 0. The van der Waals surface area contributed by atoms with Crippen molar-refractivity contribution < 1.29 is 5.11 Å². The lowest BCUT2D eigenvalue weighted by Crippen LogP contribution is -2.24. The summed E-state index contributed by atoms with van der Waals surface area (Å²) in [6.07, 6.45) is 0.707. The van der Waals surface area contributed by atoms with Gasteiger partial charge in [-0.05, 0) is 43.2 Å². The van der Waals surface area contributed by atoms with Crippen molar-refractivity contribution in [2.24, 2.45) is 4.99 Å². The van der Waals surface area contributed by atoms with Crippen LogP contribution in [0.25, 0.3) is 0 Å². The third kappa shape index (κ3) is 2.42. The molecule has 2 N–H and O–H groups in total. The molecule has 100 valence electrons. The maximum Gasteiger partial charge on any atom is 0.169 e. The van der Waals surface area contributed by atoms with Crippen LogP contribution in [0.1, 0.15) is 23.0 Å². The van der Waals surface area contributed by atoms with Crippen LogP contribution in [-0.2, 0) is 0 Å². The smallest absolute Gasteiger partial charge is 0.169 e. The van der Waals surface area contributed by atoms with Gasteiger partial charge in [-0.1, -0.05) is 11.6 Å². The number of benzene rings is 1. The van der Waals surface area contributed by atoms with Crippen molar-refractivity contribution in [3.05, 3.63) is 52.2 Å². The number of aliphatic imine (C=N–C) groups is 1. The fourth-order valence-corrected chi connectivity index (χ4v) is 2.11. The molecule has 2 heterocycles. The summed E-state index contributed by atoms with van der Waals surface area (Å²) in [5.41, 5.74) is 2.51. The highest BCUT2D eigenvalue weighted by molar-refractivity contribution is 6.30. The molecule has 0 bridgehead atoms. The van der Waals surface area contributed by atoms with E-state index in [0.29, 0.717) is 10.8 Å². The number of aliphatic hydroxyl groups is 1. The summed E-state index contributed by atoms with van der Waals surface area (Å²) >= 11 is 5.82. The Balaban J connectivity index is 1.85. The van der Waals surface area contributed by atoms with Crippen LogP contribution < -0.4 is 0 Å². The van der Waals surface area contributed by atoms with Crippen LogP contribution in [0, 0.1) is 18.9 Å². The zero-order chi connectivity index (χ0) is 14.1. The van der Waals surface area contributed by atoms with E-state index in [1.165, 1.54) is 11.2 Å². The van der Waals surface area contributed by atoms with E-state index in [1.54, 1.807) is 12.1 Å². The highest BCUT2D eigenvalue weighted by atomic mass is 35.5. The lowest BCUT2D eigenvalue weighted by atomic mass is 10.2. The maximum atomic E-state index is 10.2. The van der Waals surface area contributed by atoms with E-state index in [9.17, 15) is 5.11 Å². The largest absolute Gasteiger partial charge is 0.368 e. The van der Waals surface area contributed by atoms with Crippen LogP contribution >= 0.6 is 11.6 Å². The molecular formula is C15H12ClN3O. The number of fused-ring (bicyclic) bond motifs is 1. The van der Waals surface area contributed by atoms with Crippen LogP contribution in [0.2, 0.25) is 5.02 Å². The first-order valence-electron chi connectivity index (χ1n) is 6.11. The maximum absolute atomic E-state index is 10.2. The minimum Gasteiger partial charge on any atom is -0.368 e. The second-order valence-electron chi connectivity index (χ2n) is 4.53. The van der Waals surface area contributed by atoms with Crippen molar-refractivity contribution in [1.82, 2.24) is 9.88 Å². The van der Waals surface area contributed by atoms with Crippen molar-refractivity contribution >= 4 is 23.8 Å². The molecule has 1 aromatic heterocycles. The number of aryl methyl sites for hydroxylation is 1. The fraction of sp³-hybridized carbons (Fsp3) is 0.133. The van der Waals surface area contributed by atoms with Crippen LogP contribution in [0.5, 0.6) is 0 Å². The molecule has 1 unspecified atom stereocenters. The number of nitrogens with zero attached hydrogens (tertiary/aromatic N) is 2. The first-order valence-corrected chi connectivity index (χ1v) is 6.48. The number of hydrogen-bond donors (Lipinski definition) is 2. The molecule has 0 spiro atoms. The molecule has 0 amide bonds. The predicted molar refractivity (Wildman–Crippen MR) is 78.8 cm³/mol. The first-order chi connectivity index (χ1) is 9.63. The van der Waals surface area contributed by atoms with Gasteiger partial charge in [-0.3, -0.25) is 4.90 Å². The summed E-state index contributed by atoms with van der Waals surface area (Å²) in [6, 6.07) is 12.0. The molecule has 0 saturated carbocycles. The SMILES string of the molecule is Cc1cc2c([nH]1)N=CN(C#Cc1ccc(Cl)cc1)C2O. The lowest BCUT2D eigenvalue weighted by Gasteiger charge is -2.22. The monoisotopic (exact) mass is 285 g/mol. The average Bonchev–Trinajstić information content (AvgIpc) is 2.81. The van der Waals surface area contributed by atoms with Gasteiger partial charge in [0.15, 0.2) is 6.23 Å². The molecule has 5 heteroatoms. The Morgan fingerprint density at radius 3 is 2.85 bits per heavy atom. The summed E-state index contributed by atoms with van der Waals surface area (Å²) in [7, 11) is 0. The number of halogens is 1. The Kier molecular flexibility index (Phi) is 3.23. The van der Waals surface area contributed by atoms with Crippen molar-refractivity contribution in [1.29, 1.82) is 0 Å². The third-order valence-electron chi connectivity index (χ3n) is 2.99. The second kappa shape index (κ2) is 5.04. The molecule has 0 saturated heterocycles. The van der Waals surface area contributed by atoms with E-state index < -0.39 is 6.23 Å². The van der Waals surface area contributed by atoms with E-state index >= 15 is 0 Å². The minimum atomic E-state index is -0.813. The second-order valence-corrected chi connectivity index (χ2v) is 4.96. The molecule has 20 heavy (non-hydrogen) atoms. The standard InChI is InChI=1S/C15H12ClN3O/c1-10-8-13-14(18-10)17-9-19(15(13)20)7-6-11-2-4-12(16)5-3-11/h2-5,8-9,15,18,20H,1H3. The molecule has 1 atom stereocenters. The number of rotatable bonds is 0. The third-order valence-corrected chi connectivity index (χ3v) is 3.24. The van der Waals surface area contributed by atoms with Gasteiger partial charge in [0.05, 0.1) is 0 Å². The van der Waals surface area contributed by atoms with Crippen molar-refractivity contribution in [2.75, 3.05) is 0 Å². The zero-order valence-corrected chi connectivity index (χ0v) is 11.5. The Morgan fingerprint density at radius 2 is 2.10 bits per heavy atom. The van der Waals surface area contributed by atoms with E-state index in [2.05, 4.69) is 21.9 Å². The van der Waals surface area contributed by atoms with Crippen LogP contribution in [0.4, 0.5) is 5.82 Å². The van der Waals surface area contributed by atoms with Gasteiger partial charge in [0.1, 0.15) is 12.2 Å². The number of aliphatic hydroxyl groups excluding tert-OH is 1. The molecule has 1 aliphatic rings. The molecular weight excluding hydrogens is 274 g/mol. The summed E-state index contributed by atoms with van der Waals surface area (Å²) in [5, 5.41) is 10.9. The van der Waals surface area contributed by atoms with Gasteiger partial charge < -0.3 is 10.1 Å². The number of aromatic amines is 1. The Bertz CT molecular complexity index is 722. The lowest BCUT2D eigenvalue weighted by molar-refractivity contribution is 0.0900. The van der Waals surface area contributed by atoms with Gasteiger partial charge in [0.25, 0.3) is 0 Å². The van der Waals surface area contributed by atoms with Gasteiger partial charge in [-0.15, -0.1) is 0 Å². The Morgan fingerprint density at radius 1 is 1.35 bits per heavy atom. The number of H-pyrrole nitrogens is 1. The van der Waals surface area contributed by atoms with Gasteiger partial charge in [-0.25, -0.2) is 4.99 Å². The number of aromatic nitrogens is 1.